The van der Waals surface area contributed by atoms with E-state index in [-0.39, 0.29) is 5.82 Å². The molecule has 34 heavy (non-hydrogen) atoms. The number of anilines is 1. The fourth-order valence-corrected chi connectivity index (χ4v) is 4.00. The van der Waals surface area contributed by atoms with Crippen LogP contribution in [0.3, 0.4) is 0 Å². The number of ether oxygens (including phenoxy) is 2. The van der Waals surface area contributed by atoms with Gasteiger partial charge < -0.3 is 20.1 Å². The summed E-state index contributed by atoms with van der Waals surface area (Å²) in [6.07, 6.45) is 0.772. The van der Waals surface area contributed by atoms with E-state index >= 15 is 0 Å². The van der Waals surface area contributed by atoms with Crippen molar-refractivity contribution in [1.29, 1.82) is 0 Å². The van der Waals surface area contributed by atoms with Crippen LogP contribution in [0.15, 0.2) is 36.4 Å². The normalized spacial score (nSPS) is 10.8. The number of aryl methyl sites for hydroxylation is 1. The first-order valence-corrected chi connectivity index (χ1v) is 12.0. The molecular weight excluding hydrogens is 475 g/mol. The zero-order valence-electron chi connectivity index (χ0n) is 19.9. The maximum absolute atomic E-state index is 13.3. The lowest BCUT2D eigenvalue weighted by atomic mass is 10.1. The molecule has 0 aliphatic heterocycles. The van der Waals surface area contributed by atoms with Gasteiger partial charge in [0, 0.05) is 11.6 Å². The van der Waals surface area contributed by atoms with Gasteiger partial charge in [-0.1, -0.05) is 23.7 Å². The van der Waals surface area contributed by atoms with Crippen molar-refractivity contribution in [1.82, 2.24) is 15.1 Å². The number of hydrogen-bond acceptors (Lipinski definition) is 4. The predicted octanol–water partition coefficient (Wildman–Crippen LogP) is 5.67. The van der Waals surface area contributed by atoms with Gasteiger partial charge in [0.1, 0.15) is 5.82 Å². The van der Waals surface area contributed by atoms with Gasteiger partial charge in [-0.05, 0) is 81.7 Å². The molecule has 6 nitrogen and oxygen atoms in total. The van der Waals surface area contributed by atoms with Crippen LogP contribution in [0.4, 0.5) is 10.1 Å². The average molecular weight is 505 g/mol. The van der Waals surface area contributed by atoms with Gasteiger partial charge in [-0.3, -0.25) is 4.68 Å². The lowest BCUT2D eigenvalue weighted by Gasteiger charge is -2.14. The predicted molar refractivity (Wildman–Crippen MR) is 139 cm³/mol. The molecule has 1 aromatic heterocycles. The van der Waals surface area contributed by atoms with E-state index in [4.69, 9.17) is 33.3 Å². The Morgan fingerprint density at radius 2 is 1.82 bits per heavy atom. The first-order chi connectivity index (χ1) is 16.3. The Hall–Kier alpha value is -2.84. The van der Waals surface area contributed by atoms with E-state index in [1.807, 2.05) is 50.6 Å². The first kappa shape index (κ1) is 25.8. The van der Waals surface area contributed by atoms with E-state index in [0.29, 0.717) is 36.4 Å². The van der Waals surface area contributed by atoms with Crippen molar-refractivity contribution in [3.63, 3.8) is 0 Å². The van der Waals surface area contributed by atoms with Gasteiger partial charge in [0.05, 0.1) is 36.8 Å². The average Bonchev–Trinajstić information content (AvgIpc) is 3.05. The molecule has 1 heterocycles. The van der Waals surface area contributed by atoms with E-state index in [1.165, 1.54) is 12.1 Å². The van der Waals surface area contributed by atoms with E-state index in [0.717, 1.165) is 46.1 Å². The van der Waals surface area contributed by atoms with Crippen LogP contribution in [-0.2, 0) is 13.0 Å². The molecular formula is C25H30ClFN4O2S. The van der Waals surface area contributed by atoms with Crippen LogP contribution >= 0.6 is 23.8 Å². The SMILES string of the molecule is CCOc1ccc(CCNC(=S)Nc2c(C)nn(Cc3ccc(F)cc3Cl)c2C)cc1OCC. The molecule has 0 saturated heterocycles. The Morgan fingerprint density at radius 1 is 1.09 bits per heavy atom. The van der Waals surface area contributed by atoms with Gasteiger partial charge in [0.2, 0.25) is 0 Å². The number of rotatable bonds is 10. The monoisotopic (exact) mass is 504 g/mol. The molecule has 9 heteroatoms. The van der Waals surface area contributed by atoms with E-state index in [9.17, 15) is 4.39 Å². The van der Waals surface area contributed by atoms with E-state index in [1.54, 1.807) is 6.07 Å². The van der Waals surface area contributed by atoms with Crippen LogP contribution in [-0.4, -0.2) is 34.7 Å². The third kappa shape index (κ3) is 6.61. The third-order valence-electron chi connectivity index (χ3n) is 5.26. The van der Waals surface area contributed by atoms with Gasteiger partial charge in [-0.25, -0.2) is 4.39 Å². The highest BCUT2D eigenvalue weighted by Gasteiger charge is 2.14. The van der Waals surface area contributed by atoms with Gasteiger partial charge >= 0.3 is 0 Å². The summed E-state index contributed by atoms with van der Waals surface area (Å²) in [4.78, 5) is 0. The van der Waals surface area contributed by atoms with Gasteiger partial charge in [-0.2, -0.15) is 5.10 Å². The number of benzene rings is 2. The Labute approximate surface area is 210 Å². The largest absolute Gasteiger partial charge is 0.490 e. The summed E-state index contributed by atoms with van der Waals surface area (Å²) >= 11 is 11.7. The Morgan fingerprint density at radius 3 is 2.53 bits per heavy atom. The van der Waals surface area contributed by atoms with Crippen LogP contribution in [0.5, 0.6) is 11.5 Å². The highest BCUT2D eigenvalue weighted by molar-refractivity contribution is 7.80. The smallest absolute Gasteiger partial charge is 0.170 e. The molecule has 2 aromatic carbocycles. The minimum atomic E-state index is -0.361. The van der Waals surface area contributed by atoms with Crippen molar-refractivity contribution < 1.29 is 13.9 Å². The van der Waals surface area contributed by atoms with Crippen molar-refractivity contribution in [3.05, 3.63) is 69.8 Å². The number of halogens is 2. The van der Waals surface area contributed by atoms with Crippen LogP contribution < -0.4 is 20.1 Å². The van der Waals surface area contributed by atoms with Gasteiger partial charge in [-0.15, -0.1) is 0 Å². The fourth-order valence-electron chi connectivity index (χ4n) is 3.57. The molecule has 0 bridgehead atoms. The van der Waals surface area contributed by atoms with Crippen molar-refractivity contribution in [2.24, 2.45) is 0 Å². The summed E-state index contributed by atoms with van der Waals surface area (Å²) in [5, 5.41) is 12.0. The summed E-state index contributed by atoms with van der Waals surface area (Å²) in [7, 11) is 0. The third-order valence-corrected chi connectivity index (χ3v) is 5.86. The zero-order chi connectivity index (χ0) is 24.7. The number of thiocarbonyl (C=S) groups is 1. The molecule has 0 spiro atoms. The van der Waals surface area contributed by atoms with Crippen molar-refractivity contribution in [2.75, 3.05) is 25.1 Å². The molecule has 0 atom stereocenters. The number of nitrogens with zero attached hydrogens (tertiary/aromatic N) is 2. The lowest BCUT2D eigenvalue weighted by Crippen LogP contribution is -2.30. The van der Waals surface area contributed by atoms with Crippen LogP contribution in [0.25, 0.3) is 0 Å². The van der Waals surface area contributed by atoms with E-state index < -0.39 is 0 Å². The quantitative estimate of drug-likeness (QED) is 0.347. The first-order valence-electron chi connectivity index (χ1n) is 11.2. The molecule has 0 saturated carbocycles. The molecule has 3 aromatic rings. The standard InChI is InChI=1S/C25H30ClFN4O2S/c1-5-32-22-10-7-18(13-23(22)33-6-2)11-12-28-25(34)29-24-16(3)30-31(17(24)4)15-19-8-9-20(27)14-21(19)26/h7-10,13-14H,5-6,11-12,15H2,1-4H3,(H2,28,29,34). The minimum Gasteiger partial charge on any atom is -0.490 e. The molecule has 182 valence electrons. The molecule has 2 N–H and O–H groups in total. The number of aromatic nitrogens is 2. The highest BCUT2D eigenvalue weighted by Crippen LogP contribution is 2.28. The zero-order valence-corrected chi connectivity index (χ0v) is 21.4. The van der Waals surface area contributed by atoms with E-state index in [2.05, 4.69) is 15.7 Å². The van der Waals surface area contributed by atoms with Crippen molar-refractivity contribution in [2.45, 2.75) is 40.7 Å². The van der Waals surface area contributed by atoms with Gasteiger partial charge in [0.25, 0.3) is 0 Å². The minimum absolute atomic E-state index is 0.361. The van der Waals surface area contributed by atoms with Crippen LogP contribution in [0.1, 0.15) is 36.4 Å². The molecule has 0 aliphatic rings. The second-order valence-electron chi connectivity index (χ2n) is 7.72. The highest BCUT2D eigenvalue weighted by atomic mass is 35.5. The molecule has 0 unspecified atom stereocenters. The number of hydrogen-bond donors (Lipinski definition) is 2. The summed E-state index contributed by atoms with van der Waals surface area (Å²) in [5.74, 6) is 1.14. The number of nitrogens with one attached hydrogen (secondary N) is 2. The maximum atomic E-state index is 13.3. The van der Waals surface area contributed by atoms with Crippen molar-refractivity contribution >= 4 is 34.6 Å². The van der Waals surface area contributed by atoms with Crippen LogP contribution in [0, 0.1) is 19.7 Å². The summed E-state index contributed by atoms with van der Waals surface area (Å²) in [5.41, 5.74) is 4.49. The Bertz CT molecular complexity index is 1150. The second-order valence-corrected chi connectivity index (χ2v) is 8.53. The van der Waals surface area contributed by atoms with Gasteiger partial charge in [0.15, 0.2) is 16.6 Å². The topological polar surface area (TPSA) is 60.3 Å². The molecule has 3 rings (SSSR count). The molecule has 0 radical (unpaired) electrons. The summed E-state index contributed by atoms with van der Waals surface area (Å²) < 4.78 is 26.5. The Kier molecular flexibility index (Phi) is 9.12. The van der Waals surface area contributed by atoms with Crippen LogP contribution in [0.2, 0.25) is 5.02 Å². The maximum Gasteiger partial charge on any atom is 0.170 e. The summed E-state index contributed by atoms with van der Waals surface area (Å²) in [6, 6.07) is 10.4. The second kappa shape index (κ2) is 12.0. The molecule has 0 aliphatic carbocycles. The summed E-state index contributed by atoms with van der Waals surface area (Å²) in [6.45, 7) is 10.0. The fraction of sp³-hybridized carbons (Fsp3) is 0.360. The lowest BCUT2D eigenvalue weighted by molar-refractivity contribution is 0.287. The molecule has 0 fully saturated rings. The van der Waals surface area contributed by atoms with Crippen molar-refractivity contribution in [3.8, 4) is 11.5 Å². The molecule has 0 amide bonds. The Balaban J connectivity index is 1.58.